The number of thiophene rings is 1. The summed E-state index contributed by atoms with van der Waals surface area (Å²) in [6.07, 6.45) is -0.274. The number of fused-ring (bicyclic) bond motifs is 8. The quantitative estimate of drug-likeness (QED) is 0.239. The normalized spacial score (nSPS) is 14.5. The van der Waals surface area contributed by atoms with Crippen molar-refractivity contribution in [2.24, 2.45) is 0 Å². The number of nitrogens with one attached hydrogen (secondary N) is 1. The zero-order valence-corrected chi connectivity index (χ0v) is 22.9. The van der Waals surface area contributed by atoms with Crippen LogP contribution in [-0.4, -0.2) is 4.57 Å². The van der Waals surface area contributed by atoms with Gasteiger partial charge in [0.15, 0.2) is 12.0 Å². The van der Waals surface area contributed by atoms with E-state index in [4.69, 9.17) is 4.74 Å². The number of rotatable bonds is 3. The summed E-state index contributed by atoms with van der Waals surface area (Å²) in [7, 11) is 0. The van der Waals surface area contributed by atoms with E-state index in [2.05, 4.69) is 143 Å². The molecule has 0 radical (unpaired) electrons. The molecule has 1 atom stereocenters. The molecule has 0 fully saturated rings. The van der Waals surface area contributed by atoms with E-state index in [1.807, 2.05) is 11.3 Å². The molecule has 0 spiro atoms. The molecule has 0 bridgehead atoms. The van der Waals surface area contributed by atoms with E-state index in [0.29, 0.717) is 0 Å². The van der Waals surface area contributed by atoms with E-state index in [1.54, 1.807) is 0 Å². The van der Waals surface area contributed by atoms with Crippen molar-refractivity contribution in [1.82, 2.24) is 4.57 Å². The lowest BCUT2D eigenvalue weighted by Crippen LogP contribution is -2.10. The van der Waals surface area contributed by atoms with Gasteiger partial charge in [0.25, 0.3) is 0 Å². The van der Waals surface area contributed by atoms with E-state index in [9.17, 15) is 0 Å². The number of anilines is 1. The molecule has 4 heteroatoms. The van der Waals surface area contributed by atoms with Crippen LogP contribution in [0.15, 0.2) is 133 Å². The number of aromatic nitrogens is 1. The highest BCUT2D eigenvalue weighted by Gasteiger charge is 2.30. The number of hydrogen-bond acceptors (Lipinski definition) is 3. The van der Waals surface area contributed by atoms with Gasteiger partial charge in [-0.25, -0.2) is 0 Å². The lowest BCUT2D eigenvalue weighted by atomic mass is 10.0. The number of ether oxygens (including phenoxy) is 1. The summed E-state index contributed by atoms with van der Waals surface area (Å²) in [4.78, 5) is 0. The van der Waals surface area contributed by atoms with Crippen LogP contribution in [0.3, 0.4) is 0 Å². The molecule has 1 aliphatic rings. The first kappa shape index (κ1) is 22.7. The van der Waals surface area contributed by atoms with Crippen molar-refractivity contribution in [1.29, 1.82) is 0 Å². The highest BCUT2D eigenvalue weighted by atomic mass is 32.1. The molecule has 8 aromatic rings. The second-order valence-corrected chi connectivity index (χ2v) is 11.7. The molecule has 3 heterocycles. The van der Waals surface area contributed by atoms with Crippen LogP contribution in [0.5, 0.6) is 5.75 Å². The Balaban J connectivity index is 1.16. The lowest BCUT2D eigenvalue weighted by molar-refractivity contribution is 0.261. The van der Waals surface area contributed by atoms with Gasteiger partial charge >= 0.3 is 0 Å². The average Bonchev–Trinajstić information content (AvgIpc) is 3.73. The monoisotopic (exact) mass is 544 g/mol. The Labute approximate surface area is 240 Å². The summed E-state index contributed by atoms with van der Waals surface area (Å²) in [5, 5.41) is 8.81. The summed E-state index contributed by atoms with van der Waals surface area (Å²) in [5.74, 6) is 0.920. The molecule has 9 rings (SSSR count). The molecule has 0 saturated heterocycles. The first-order valence-corrected chi connectivity index (χ1v) is 14.7. The minimum atomic E-state index is -0.274. The van der Waals surface area contributed by atoms with Crippen LogP contribution >= 0.6 is 11.3 Å². The largest absolute Gasteiger partial charge is 0.464 e. The molecule has 1 aliphatic heterocycles. The summed E-state index contributed by atoms with van der Waals surface area (Å²) in [5.41, 5.74) is 8.01. The van der Waals surface area contributed by atoms with Crippen molar-refractivity contribution < 1.29 is 4.74 Å². The van der Waals surface area contributed by atoms with E-state index < -0.39 is 0 Å². The maximum Gasteiger partial charge on any atom is 0.196 e. The van der Waals surface area contributed by atoms with Gasteiger partial charge in [-0.3, -0.25) is 0 Å². The lowest BCUT2D eigenvalue weighted by Gasteiger charge is -2.14. The molecule has 3 nitrogen and oxygen atoms in total. The molecule has 0 saturated carbocycles. The van der Waals surface area contributed by atoms with Crippen LogP contribution in [0.25, 0.3) is 58.8 Å². The molecule has 6 aromatic carbocycles. The molecule has 0 aliphatic carbocycles. The highest BCUT2D eigenvalue weighted by Crippen LogP contribution is 2.52. The van der Waals surface area contributed by atoms with Crippen LogP contribution in [0.4, 0.5) is 5.69 Å². The predicted octanol–water partition coefficient (Wildman–Crippen LogP) is 10.3. The first-order chi connectivity index (χ1) is 20.3. The summed E-state index contributed by atoms with van der Waals surface area (Å²) in [6.45, 7) is 0. The fourth-order valence-corrected chi connectivity index (χ4v) is 7.54. The Bertz CT molecular complexity index is 2210. The topological polar surface area (TPSA) is 26.2 Å². The van der Waals surface area contributed by atoms with E-state index in [0.717, 1.165) is 33.8 Å². The molecule has 41 heavy (non-hydrogen) atoms. The Kier molecular flexibility index (Phi) is 4.83. The van der Waals surface area contributed by atoms with Gasteiger partial charge in [-0.05, 0) is 42.0 Å². The van der Waals surface area contributed by atoms with Gasteiger partial charge in [0.05, 0.1) is 16.7 Å². The predicted molar refractivity (Wildman–Crippen MR) is 173 cm³/mol. The molecule has 2 aromatic heterocycles. The molecule has 194 valence electrons. The van der Waals surface area contributed by atoms with Crippen molar-refractivity contribution in [2.45, 2.75) is 6.23 Å². The number of hydrogen-bond donors (Lipinski definition) is 1. The molecule has 1 N–H and O–H groups in total. The number of benzene rings is 6. The first-order valence-electron chi connectivity index (χ1n) is 13.9. The minimum Gasteiger partial charge on any atom is -0.464 e. The molecular formula is C37H24N2OS. The third-order valence-electron chi connectivity index (χ3n) is 8.25. The van der Waals surface area contributed by atoms with Crippen molar-refractivity contribution in [3.63, 3.8) is 0 Å². The Morgan fingerprint density at radius 1 is 0.610 bits per heavy atom. The highest BCUT2D eigenvalue weighted by molar-refractivity contribution is 7.26. The SMILES string of the molecule is c1ccc(-c2cc3sc4ccccc4c3c3c2OC(c2ccc(-n4c5ccccc5c5ccccc54)cc2)N3)cc1. The summed E-state index contributed by atoms with van der Waals surface area (Å²) in [6, 6.07) is 47.5. The standard InChI is InChI=1S/C37H24N2OS/c1-2-10-23(11-3-1)29-22-33-34(28-14-6-9-17-32(28)41-33)35-36(29)40-37(38-35)24-18-20-25(21-19-24)39-30-15-7-4-12-26(30)27-13-5-8-16-31(27)39/h1-22,37-38H. The Morgan fingerprint density at radius 3 is 1.98 bits per heavy atom. The molecule has 0 amide bonds. The summed E-state index contributed by atoms with van der Waals surface area (Å²) < 4.78 is 11.7. The number of para-hydroxylation sites is 2. The molecular weight excluding hydrogens is 520 g/mol. The van der Waals surface area contributed by atoms with Crippen LogP contribution in [0.1, 0.15) is 11.8 Å². The molecule has 1 unspecified atom stereocenters. The van der Waals surface area contributed by atoms with Crippen LogP contribution in [0.2, 0.25) is 0 Å². The van der Waals surface area contributed by atoms with Crippen molar-refractivity contribution in [3.8, 4) is 22.6 Å². The Morgan fingerprint density at radius 2 is 1.24 bits per heavy atom. The zero-order chi connectivity index (χ0) is 26.9. The second kappa shape index (κ2) is 8.72. The van der Waals surface area contributed by atoms with Gasteiger partial charge in [0.1, 0.15) is 0 Å². The zero-order valence-electron chi connectivity index (χ0n) is 22.0. The Hall–Kier alpha value is -5.06. The number of nitrogens with zero attached hydrogens (tertiary/aromatic N) is 1. The van der Waals surface area contributed by atoms with Gasteiger partial charge in [0.2, 0.25) is 0 Å². The van der Waals surface area contributed by atoms with E-state index in [-0.39, 0.29) is 6.23 Å². The summed E-state index contributed by atoms with van der Waals surface area (Å²) >= 11 is 1.84. The maximum atomic E-state index is 6.76. The van der Waals surface area contributed by atoms with Gasteiger partial charge in [0, 0.05) is 47.8 Å². The van der Waals surface area contributed by atoms with Crippen LogP contribution in [0, 0.1) is 0 Å². The average molecular weight is 545 g/mol. The maximum absolute atomic E-state index is 6.76. The van der Waals surface area contributed by atoms with E-state index >= 15 is 0 Å². The minimum absolute atomic E-state index is 0.274. The van der Waals surface area contributed by atoms with Crippen molar-refractivity contribution >= 4 is 59.0 Å². The van der Waals surface area contributed by atoms with Gasteiger partial charge in [-0.2, -0.15) is 0 Å². The fraction of sp³-hybridized carbons (Fsp3) is 0.0270. The second-order valence-electron chi connectivity index (χ2n) is 10.6. The van der Waals surface area contributed by atoms with Gasteiger partial charge in [-0.1, -0.05) is 97.1 Å². The van der Waals surface area contributed by atoms with Gasteiger partial charge in [-0.15, -0.1) is 11.3 Å². The third-order valence-corrected chi connectivity index (χ3v) is 9.37. The fourth-order valence-electron chi connectivity index (χ4n) is 6.39. The third kappa shape index (κ3) is 3.38. The van der Waals surface area contributed by atoms with Crippen molar-refractivity contribution in [3.05, 3.63) is 139 Å². The van der Waals surface area contributed by atoms with E-state index in [1.165, 1.54) is 42.0 Å². The smallest absolute Gasteiger partial charge is 0.196 e. The van der Waals surface area contributed by atoms with Crippen LogP contribution < -0.4 is 10.1 Å². The van der Waals surface area contributed by atoms with Gasteiger partial charge < -0.3 is 14.6 Å². The van der Waals surface area contributed by atoms with Crippen molar-refractivity contribution in [2.75, 3.05) is 5.32 Å². The van der Waals surface area contributed by atoms with Crippen LogP contribution in [-0.2, 0) is 0 Å².